The van der Waals surface area contributed by atoms with Gasteiger partial charge >= 0.3 is 11.9 Å². The highest BCUT2D eigenvalue weighted by atomic mass is 16.6. The van der Waals surface area contributed by atoms with E-state index in [-0.39, 0.29) is 11.8 Å². The zero-order chi connectivity index (χ0) is 30.6. The zero-order valence-corrected chi connectivity index (χ0v) is 23.8. The first-order valence-corrected chi connectivity index (χ1v) is 15.0. The van der Waals surface area contributed by atoms with Crippen molar-refractivity contribution in [1.82, 2.24) is 0 Å². The lowest BCUT2D eigenvalue weighted by atomic mass is 9.82. The van der Waals surface area contributed by atoms with E-state index in [0.29, 0.717) is 38.7 Å². The molecule has 0 N–H and O–H groups in total. The van der Waals surface area contributed by atoms with Crippen LogP contribution in [0.3, 0.4) is 0 Å². The van der Waals surface area contributed by atoms with Gasteiger partial charge in [0.25, 0.3) is 11.8 Å². The van der Waals surface area contributed by atoms with Crippen molar-refractivity contribution in [3.05, 3.63) is 125 Å². The van der Waals surface area contributed by atoms with Gasteiger partial charge in [-0.05, 0) is 89.6 Å². The Kier molecular flexibility index (Phi) is 4.07. The number of benzene rings is 9. The van der Waals surface area contributed by atoms with Crippen molar-refractivity contribution in [2.24, 2.45) is 0 Å². The van der Waals surface area contributed by atoms with Gasteiger partial charge in [0.15, 0.2) is 0 Å². The summed E-state index contributed by atoms with van der Waals surface area (Å²) < 4.78 is 4.99. The van der Waals surface area contributed by atoms with Crippen LogP contribution < -0.4 is 4.90 Å². The second kappa shape index (κ2) is 7.81. The maximum Gasteiger partial charge on any atom is 0.346 e. The van der Waals surface area contributed by atoms with E-state index in [9.17, 15) is 19.2 Å². The molecule has 0 fully saturated rings. The van der Waals surface area contributed by atoms with E-state index in [2.05, 4.69) is 24.3 Å². The van der Waals surface area contributed by atoms with Crippen LogP contribution in [0.2, 0.25) is 0 Å². The van der Waals surface area contributed by atoms with E-state index in [1.807, 2.05) is 54.6 Å². The van der Waals surface area contributed by atoms with Gasteiger partial charge in [-0.15, -0.1) is 0 Å². The van der Waals surface area contributed by atoms with Gasteiger partial charge in [0.1, 0.15) is 0 Å². The van der Waals surface area contributed by atoms with Crippen molar-refractivity contribution in [3.63, 3.8) is 0 Å². The third-order valence-corrected chi connectivity index (χ3v) is 10.1. The third-order valence-electron chi connectivity index (χ3n) is 10.1. The molecular formula is C40H17NO5. The number of carbonyl (C=O) groups excluding carboxylic acids is 4. The van der Waals surface area contributed by atoms with Gasteiger partial charge in [-0.25, -0.2) is 14.5 Å². The number of hydrogen-bond acceptors (Lipinski definition) is 5. The second-order valence-corrected chi connectivity index (χ2v) is 12.2. The molecule has 11 rings (SSSR count). The van der Waals surface area contributed by atoms with E-state index >= 15 is 0 Å². The minimum Gasteiger partial charge on any atom is -0.386 e. The molecule has 9 aromatic rings. The fourth-order valence-corrected chi connectivity index (χ4v) is 8.26. The first-order chi connectivity index (χ1) is 22.5. The SMILES string of the molecule is O=C1OC(=O)c2ccc3c4ccc5c6c(ccc(c7ccc1c2c73)c64)C(=O)N(c1cc2cccc3ccc4cccc1c4c32)C5=O. The van der Waals surface area contributed by atoms with E-state index in [1.54, 1.807) is 24.3 Å². The molecule has 0 aliphatic carbocycles. The lowest BCUT2D eigenvalue weighted by molar-refractivity contribution is 0.0390. The number of esters is 2. The second-order valence-electron chi connectivity index (χ2n) is 12.2. The third kappa shape index (κ3) is 2.62. The average Bonchev–Trinajstić information content (AvgIpc) is 3.08. The van der Waals surface area contributed by atoms with Gasteiger partial charge < -0.3 is 4.74 Å². The molecule has 6 nitrogen and oxygen atoms in total. The molecule has 2 aliphatic rings. The van der Waals surface area contributed by atoms with Crippen LogP contribution in [0.25, 0.3) is 75.4 Å². The van der Waals surface area contributed by atoms with Crippen molar-refractivity contribution in [3.8, 4) is 0 Å². The highest BCUT2D eigenvalue weighted by Crippen LogP contribution is 2.47. The van der Waals surface area contributed by atoms with Crippen molar-refractivity contribution in [1.29, 1.82) is 0 Å². The average molecular weight is 592 g/mol. The predicted molar refractivity (Wildman–Crippen MR) is 179 cm³/mol. The van der Waals surface area contributed by atoms with E-state index in [0.717, 1.165) is 64.6 Å². The zero-order valence-electron chi connectivity index (χ0n) is 23.8. The Morgan fingerprint density at radius 1 is 0.391 bits per heavy atom. The fourth-order valence-electron chi connectivity index (χ4n) is 8.26. The Morgan fingerprint density at radius 3 is 1.46 bits per heavy atom. The Balaban J connectivity index is 1.22. The number of nitrogens with zero attached hydrogens (tertiary/aromatic N) is 1. The number of ether oxygens (including phenoxy) is 1. The number of rotatable bonds is 1. The summed E-state index contributed by atoms with van der Waals surface area (Å²) >= 11 is 0. The van der Waals surface area contributed by atoms with E-state index in [4.69, 9.17) is 4.74 Å². The molecule has 9 aromatic carbocycles. The number of fused-ring (bicyclic) bond motifs is 2. The largest absolute Gasteiger partial charge is 0.386 e. The molecule has 0 radical (unpaired) electrons. The topological polar surface area (TPSA) is 80.8 Å². The maximum absolute atomic E-state index is 14.5. The van der Waals surface area contributed by atoms with Crippen LogP contribution in [0.5, 0.6) is 0 Å². The number of cyclic esters (lactones) is 2. The quantitative estimate of drug-likeness (QED) is 0.0627. The molecule has 2 heterocycles. The first-order valence-electron chi connectivity index (χ1n) is 15.0. The smallest absolute Gasteiger partial charge is 0.346 e. The number of carbonyl (C=O) groups is 4. The van der Waals surface area contributed by atoms with Crippen LogP contribution in [-0.2, 0) is 4.74 Å². The molecule has 0 saturated carbocycles. The summed E-state index contributed by atoms with van der Waals surface area (Å²) in [7, 11) is 0. The normalized spacial score (nSPS) is 14.8. The highest BCUT2D eigenvalue weighted by Gasteiger charge is 2.37. The fraction of sp³-hybridized carbons (Fsp3) is 0. The molecule has 2 aliphatic heterocycles. The summed E-state index contributed by atoms with van der Waals surface area (Å²) in [4.78, 5) is 55.7. The lowest BCUT2D eigenvalue weighted by Gasteiger charge is -2.30. The van der Waals surface area contributed by atoms with Crippen LogP contribution >= 0.6 is 0 Å². The Morgan fingerprint density at radius 2 is 0.870 bits per heavy atom. The van der Waals surface area contributed by atoms with Crippen molar-refractivity contribution < 1.29 is 23.9 Å². The van der Waals surface area contributed by atoms with E-state index < -0.39 is 11.9 Å². The first kappa shape index (κ1) is 24.0. The summed E-state index contributed by atoms with van der Waals surface area (Å²) in [6.07, 6.45) is 0. The minimum absolute atomic E-state index is 0.346. The number of hydrogen-bond donors (Lipinski definition) is 0. The predicted octanol–water partition coefficient (Wildman–Crippen LogP) is 8.75. The van der Waals surface area contributed by atoms with Crippen LogP contribution in [0.4, 0.5) is 5.69 Å². The number of anilines is 1. The molecule has 2 amide bonds. The Hall–Kier alpha value is -6.40. The molecule has 46 heavy (non-hydrogen) atoms. The molecule has 0 unspecified atom stereocenters. The van der Waals surface area contributed by atoms with Crippen molar-refractivity contribution >= 4 is 105 Å². The Bertz CT molecular complexity index is 2860. The summed E-state index contributed by atoms with van der Waals surface area (Å²) in [5.74, 6) is -2.08. The number of amides is 2. The molecular weight excluding hydrogens is 574 g/mol. The van der Waals surface area contributed by atoms with E-state index in [1.165, 1.54) is 4.90 Å². The van der Waals surface area contributed by atoms with Gasteiger partial charge in [0, 0.05) is 27.3 Å². The van der Waals surface area contributed by atoms with Gasteiger partial charge in [0.2, 0.25) is 0 Å². The minimum atomic E-state index is -0.667. The van der Waals surface area contributed by atoms with Crippen molar-refractivity contribution in [2.45, 2.75) is 0 Å². The van der Waals surface area contributed by atoms with Crippen LogP contribution in [-0.4, -0.2) is 23.8 Å². The molecule has 0 atom stereocenters. The standard InChI is InChI=1S/C40H17NO5/c42-37-26-13-9-21-23-11-15-28-36-29(40(45)46-39(28)44)16-12-24(34(23)36)22-10-14-27(35(26)33(21)22)38(43)41(37)30-17-20-5-1-3-18-7-8-19-4-2-6-25(30)32(19)31(18)20/h1-17H. The number of imide groups is 1. The molecule has 0 saturated heterocycles. The molecule has 212 valence electrons. The van der Waals surface area contributed by atoms with Gasteiger partial charge in [-0.1, -0.05) is 72.8 Å². The van der Waals surface area contributed by atoms with Gasteiger partial charge in [-0.3, -0.25) is 9.59 Å². The monoisotopic (exact) mass is 591 g/mol. The van der Waals surface area contributed by atoms with Crippen LogP contribution in [0.15, 0.2) is 103 Å². The lowest BCUT2D eigenvalue weighted by Crippen LogP contribution is -2.40. The molecule has 0 bridgehead atoms. The molecule has 6 heteroatoms. The van der Waals surface area contributed by atoms with Crippen molar-refractivity contribution in [2.75, 3.05) is 4.90 Å². The summed E-state index contributed by atoms with van der Waals surface area (Å²) in [6.45, 7) is 0. The van der Waals surface area contributed by atoms with Crippen LogP contribution in [0.1, 0.15) is 41.4 Å². The van der Waals surface area contributed by atoms with Crippen LogP contribution in [0, 0.1) is 0 Å². The van der Waals surface area contributed by atoms with Gasteiger partial charge in [0.05, 0.1) is 16.8 Å². The maximum atomic E-state index is 14.5. The molecule has 0 spiro atoms. The highest BCUT2D eigenvalue weighted by molar-refractivity contribution is 6.44. The van der Waals surface area contributed by atoms with Gasteiger partial charge in [-0.2, -0.15) is 0 Å². The summed E-state index contributed by atoms with van der Waals surface area (Å²) in [5.41, 5.74) is 2.16. The summed E-state index contributed by atoms with van der Waals surface area (Å²) in [6, 6.07) is 32.8. The summed E-state index contributed by atoms with van der Waals surface area (Å²) in [5, 5.41) is 12.3. The Labute approximate surface area is 258 Å². The molecule has 0 aromatic heterocycles.